The Hall–Kier alpha value is -2.87. The van der Waals surface area contributed by atoms with Gasteiger partial charge in [-0.1, -0.05) is 30.3 Å². The number of methoxy groups -OCH3 is 1. The van der Waals surface area contributed by atoms with Crippen LogP contribution in [0.2, 0.25) is 0 Å². The quantitative estimate of drug-likeness (QED) is 0.619. The molecule has 0 unspecified atom stereocenters. The summed E-state index contributed by atoms with van der Waals surface area (Å²) in [7, 11) is 1.63. The van der Waals surface area contributed by atoms with Gasteiger partial charge in [0.15, 0.2) is 0 Å². The second-order valence-electron chi connectivity index (χ2n) is 7.29. The fourth-order valence-electron chi connectivity index (χ4n) is 3.96. The summed E-state index contributed by atoms with van der Waals surface area (Å²) in [5.41, 5.74) is 1.26. The van der Waals surface area contributed by atoms with Gasteiger partial charge in [-0.2, -0.15) is 13.2 Å². The number of alkyl halides is 3. The highest BCUT2D eigenvalue weighted by Gasteiger charge is 2.35. The number of para-hydroxylation sites is 2. The van der Waals surface area contributed by atoms with Crippen LogP contribution in [-0.4, -0.2) is 41.6 Å². The van der Waals surface area contributed by atoms with Crippen molar-refractivity contribution in [3.63, 3.8) is 0 Å². The van der Waals surface area contributed by atoms with Gasteiger partial charge in [0.25, 0.3) is 0 Å². The molecule has 30 heavy (non-hydrogen) atoms. The molecule has 4 rings (SSSR count). The van der Waals surface area contributed by atoms with Crippen LogP contribution in [0.15, 0.2) is 48.5 Å². The Morgan fingerprint density at radius 3 is 2.47 bits per heavy atom. The normalized spacial score (nSPS) is 16.0. The van der Waals surface area contributed by atoms with E-state index in [4.69, 9.17) is 4.74 Å². The van der Waals surface area contributed by atoms with Gasteiger partial charge in [-0.25, -0.2) is 9.97 Å². The van der Waals surface area contributed by atoms with E-state index in [-0.39, 0.29) is 17.4 Å². The standard InChI is InChI=1S/C22H23F3N4O/c1-30-19-11-5-3-9-16(19)18(29-12-6-7-13-29)14-26-20-15-8-2-4-10-17(15)27-21(28-20)22(23,24)25/h2-5,8-11,18H,6-7,12-14H2,1H3,(H,26,27,28)/t18-/m0/s1. The molecule has 1 atom stereocenters. The highest BCUT2D eigenvalue weighted by Crippen LogP contribution is 2.34. The van der Waals surface area contributed by atoms with Gasteiger partial charge in [0, 0.05) is 17.5 Å². The molecule has 2 aromatic carbocycles. The molecule has 1 aliphatic rings. The maximum atomic E-state index is 13.3. The average molecular weight is 416 g/mol. The van der Waals surface area contributed by atoms with Crippen LogP contribution in [0.25, 0.3) is 10.9 Å². The number of aromatic nitrogens is 2. The van der Waals surface area contributed by atoms with Gasteiger partial charge in [-0.3, -0.25) is 4.90 Å². The number of rotatable bonds is 6. The van der Waals surface area contributed by atoms with Crippen LogP contribution in [0.3, 0.4) is 0 Å². The molecule has 8 heteroatoms. The van der Waals surface area contributed by atoms with Gasteiger partial charge in [-0.15, -0.1) is 0 Å². The van der Waals surface area contributed by atoms with E-state index in [1.165, 1.54) is 0 Å². The number of hydrogen-bond acceptors (Lipinski definition) is 5. The van der Waals surface area contributed by atoms with Crippen molar-refractivity contribution < 1.29 is 17.9 Å². The molecule has 1 N–H and O–H groups in total. The first-order valence-electron chi connectivity index (χ1n) is 9.92. The Balaban J connectivity index is 1.69. The van der Waals surface area contributed by atoms with E-state index in [1.807, 2.05) is 24.3 Å². The minimum Gasteiger partial charge on any atom is -0.496 e. The Morgan fingerprint density at radius 2 is 1.73 bits per heavy atom. The van der Waals surface area contributed by atoms with Gasteiger partial charge in [0.1, 0.15) is 11.6 Å². The summed E-state index contributed by atoms with van der Waals surface area (Å²) in [6.45, 7) is 2.27. The molecule has 0 saturated carbocycles. The number of nitrogens with one attached hydrogen (secondary N) is 1. The first-order valence-corrected chi connectivity index (χ1v) is 9.92. The molecule has 158 valence electrons. The Morgan fingerprint density at radius 1 is 1.03 bits per heavy atom. The van der Waals surface area contributed by atoms with E-state index in [9.17, 15) is 13.2 Å². The number of hydrogen-bond donors (Lipinski definition) is 1. The molecule has 3 aromatic rings. The fourth-order valence-corrected chi connectivity index (χ4v) is 3.96. The number of likely N-dealkylation sites (tertiary alicyclic amines) is 1. The van der Waals surface area contributed by atoms with Crippen LogP contribution in [0.5, 0.6) is 5.75 Å². The lowest BCUT2D eigenvalue weighted by atomic mass is 10.0. The largest absolute Gasteiger partial charge is 0.496 e. The van der Waals surface area contributed by atoms with Crippen molar-refractivity contribution in [3.05, 3.63) is 59.9 Å². The van der Waals surface area contributed by atoms with E-state index >= 15 is 0 Å². The van der Waals surface area contributed by atoms with E-state index < -0.39 is 12.0 Å². The zero-order valence-corrected chi connectivity index (χ0v) is 16.6. The summed E-state index contributed by atoms with van der Waals surface area (Å²) in [5, 5.41) is 3.74. The molecular weight excluding hydrogens is 393 g/mol. The smallest absolute Gasteiger partial charge is 0.451 e. The van der Waals surface area contributed by atoms with Gasteiger partial charge < -0.3 is 10.1 Å². The molecule has 0 radical (unpaired) electrons. The lowest BCUT2D eigenvalue weighted by Gasteiger charge is -2.29. The van der Waals surface area contributed by atoms with E-state index in [2.05, 4.69) is 20.2 Å². The predicted octanol–water partition coefficient (Wildman–Crippen LogP) is 4.91. The third kappa shape index (κ3) is 4.18. The summed E-state index contributed by atoms with van der Waals surface area (Å²) in [6, 6.07) is 14.4. The zero-order valence-electron chi connectivity index (χ0n) is 16.6. The molecule has 1 fully saturated rings. The van der Waals surface area contributed by atoms with Crippen LogP contribution >= 0.6 is 0 Å². The lowest BCUT2D eigenvalue weighted by molar-refractivity contribution is -0.144. The summed E-state index contributed by atoms with van der Waals surface area (Å²) in [4.78, 5) is 9.83. The maximum Gasteiger partial charge on any atom is 0.451 e. The molecule has 0 aliphatic carbocycles. The second-order valence-corrected chi connectivity index (χ2v) is 7.29. The Labute approximate surface area is 172 Å². The summed E-state index contributed by atoms with van der Waals surface area (Å²) < 4.78 is 45.5. The van der Waals surface area contributed by atoms with Gasteiger partial charge in [-0.05, 0) is 44.1 Å². The summed E-state index contributed by atoms with van der Waals surface area (Å²) >= 11 is 0. The predicted molar refractivity (Wildman–Crippen MR) is 110 cm³/mol. The fraction of sp³-hybridized carbons (Fsp3) is 0.364. The Kier molecular flexibility index (Phi) is 5.76. The summed E-state index contributed by atoms with van der Waals surface area (Å²) in [6.07, 6.45) is -2.42. The number of fused-ring (bicyclic) bond motifs is 1. The van der Waals surface area contributed by atoms with Crippen molar-refractivity contribution >= 4 is 16.7 Å². The van der Waals surface area contributed by atoms with Gasteiger partial charge in [0.2, 0.25) is 5.82 Å². The van der Waals surface area contributed by atoms with E-state index in [1.54, 1.807) is 31.4 Å². The average Bonchev–Trinajstić information content (AvgIpc) is 3.28. The van der Waals surface area contributed by atoms with E-state index in [0.29, 0.717) is 11.9 Å². The van der Waals surface area contributed by atoms with Crippen LogP contribution in [0.1, 0.15) is 30.3 Å². The number of ether oxygens (including phenoxy) is 1. The molecule has 0 amide bonds. The topological polar surface area (TPSA) is 50.3 Å². The van der Waals surface area contributed by atoms with Gasteiger partial charge in [0.05, 0.1) is 18.7 Å². The molecule has 5 nitrogen and oxygen atoms in total. The maximum absolute atomic E-state index is 13.3. The van der Waals surface area contributed by atoms with Crippen molar-refractivity contribution in [2.24, 2.45) is 0 Å². The lowest BCUT2D eigenvalue weighted by Crippen LogP contribution is -2.31. The number of anilines is 1. The number of nitrogens with zero attached hydrogens (tertiary/aromatic N) is 3. The molecule has 0 bridgehead atoms. The van der Waals surface area contributed by atoms with Crippen molar-refractivity contribution in [1.29, 1.82) is 0 Å². The third-order valence-electron chi connectivity index (χ3n) is 5.40. The van der Waals surface area contributed by atoms with Crippen LogP contribution in [0.4, 0.5) is 19.0 Å². The molecular formula is C22H23F3N4O. The minimum absolute atomic E-state index is 0.0493. The molecule has 0 spiro atoms. The molecule has 1 aromatic heterocycles. The van der Waals surface area contributed by atoms with Crippen molar-refractivity contribution in [3.8, 4) is 5.75 Å². The third-order valence-corrected chi connectivity index (χ3v) is 5.40. The van der Waals surface area contributed by atoms with Crippen molar-refractivity contribution in [2.45, 2.75) is 25.1 Å². The first-order chi connectivity index (χ1) is 14.5. The van der Waals surface area contributed by atoms with E-state index in [0.717, 1.165) is 37.2 Å². The number of benzene rings is 2. The SMILES string of the molecule is COc1ccccc1[C@H](CNc1nc(C(F)(F)F)nc2ccccc12)N1CCCC1. The van der Waals surface area contributed by atoms with Crippen molar-refractivity contribution in [2.75, 3.05) is 32.1 Å². The van der Waals surface area contributed by atoms with Crippen LogP contribution in [-0.2, 0) is 6.18 Å². The monoisotopic (exact) mass is 416 g/mol. The highest BCUT2D eigenvalue weighted by atomic mass is 19.4. The van der Waals surface area contributed by atoms with Crippen molar-refractivity contribution in [1.82, 2.24) is 14.9 Å². The van der Waals surface area contributed by atoms with Crippen LogP contribution < -0.4 is 10.1 Å². The molecule has 2 heterocycles. The molecule has 1 aliphatic heterocycles. The second kappa shape index (κ2) is 8.47. The Bertz CT molecular complexity index is 1020. The highest BCUT2D eigenvalue weighted by molar-refractivity contribution is 5.89. The van der Waals surface area contributed by atoms with Gasteiger partial charge >= 0.3 is 6.18 Å². The first kappa shape index (κ1) is 20.4. The van der Waals surface area contributed by atoms with Crippen LogP contribution in [0, 0.1) is 0 Å². The molecule has 1 saturated heterocycles. The summed E-state index contributed by atoms with van der Waals surface area (Å²) in [5.74, 6) is -0.189. The number of halogens is 3. The minimum atomic E-state index is -4.61. The zero-order chi connectivity index (χ0) is 21.1.